The summed E-state index contributed by atoms with van der Waals surface area (Å²) < 4.78 is 4.27. The Kier molecular flexibility index (Phi) is 10.7. The van der Waals surface area contributed by atoms with Gasteiger partial charge in [-0.2, -0.15) is 0 Å². The van der Waals surface area contributed by atoms with Crippen molar-refractivity contribution in [3.63, 3.8) is 0 Å². The molecule has 0 nitrogen and oxygen atoms in total. The predicted molar refractivity (Wildman–Crippen MR) is 212 cm³/mol. The minimum absolute atomic E-state index is 0. The zero-order chi connectivity index (χ0) is 35.5. The molecule has 3 aliphatic rings. The second-order valence-electron chi connectivity index (χ2n) is 18.2. The summed E-state index contributed by atoms with van der Waals surface area (Å²) in [4.78, 5) is 0. The van der Waals surface area contributed by atoms with Gasteiger partial charge >= 0.3 is 304 Å². The maximum Gasteiger partial charge on any atom is -1.00 e. The molecule has 1 heterocycles. The van der Waals surface area contributed by atoms with Crippen molar-refractivity contribution < 1.29 is 45.1 Å². The Morgan fingerprint density at radius 3 is 1.04 bits per heavy atom. The van der Waals surface area contributed by atoms with Crippen molar-refractivity contribution in [1.29, 1.82) is 0 Å². The van der Waals surface area contributed by atoms with Gasteiger partial charge in [0.2, 0.25) is 0 Å². The summed E-state index contributed by atoms with van der Waals surface area (Å²) in [5.74, 6) is 0. The molecule has 0 N–H and O–H groups in total. The largest absolute Gasteiger partial charge is 1.00 e. The van der Waals surface area contributed by atoms with E-state index < -0.39 is 20.3 Å². The molecule has 51 heavy (non-hydrogen) atoms. The van der Waals surface area contributed by atoms with Crippen molar-refractivity contribution in [3.8, 4) is 22.3 Å². The van der Waals surface area contributed by atoms with E-state index >= 15 is 0 Å². The van der Waals surface area contributed by atoms with E-state index in [9.17, 15) is 0 Å². The van der Waals surface area contributed by atoms with E-state index in [1.807, 2.05) is 0 Å². The van der Waals surface area contributed by atoms with Crippen molar-refractivity contribution in [2.75, 3.05) is 0 Å². The molecule has 1 saturated heterocycles. The summed E-state index contributed by atoms with van der Waals surface area (Å²) in [6.07, 6.45) is 5.27. The summed E-state index contributed by atoms with van der Waals surface area (Å²) in [5, 5.41) is 0. The number of benzene rings is 4. The first-order valence-electron chi connectivity index (χ1n) is 18.7. The number of allylic oxidation sites excluding steroid dienone is 2. The van der Waals surface area contributed by atoms with Crippen LogP contribution in [0.3, 0.4) is 0 Å². The monoisotopic (exact) mass is 794 g/mol. The van der Waals surface area contributed by atoms with E-state index in [1.54, 1.807) is 33.4 Å². The van der Waals surface area contributed by atoms with Gasteiger partial charge in [-0.1, -0.05) is 0 Å². The number of rotatable bonds is 4. The number of halogens is 2. The maximum absolute atomic E-state index is 2.84. The normalized spacial score (nSPS) is 18.1. The van der Waals surface area contributed by atoms with Gasteiger partial charge in [0.05, 0.1) is 0 Å². The van der Waals surface area contributed by atoms with Crippen LogP contribution in [0.4, 0.5) is 0 Å². The van der Waals surface area contributed by atoms with Crippen molar-refractivity contribution in [3.05, 3.63) is 126 Å². The SMILES string of the molecule is CC1=Cc2c(-c3ccc(C(C)(C)C)cc3)c(C)c(C)c(C)c2[CH]1[Zr+2]1([CH]2C(C)=Cc3c(-c4ccc(C(C)(C)C)cc4)c(C)c(C)c(C)c32)[CH2][CH2]1.[Cl-].[Cl-]. The molecule has 2 unspecified atom stereocenters. The van der Waals surface area contributed by atoms with Crippen LogP contribution in [0.15, 0.2) is 59.7 Å². The molecule has 4 aromatic rings. The van der Waals surface area contributed by atoms with Gasteiger partial charge in [0, 0.05) is 0 Å². The van der Waals surface area contributed by atoms with Gasteiger partial charge in [0.15, 0.2) is 0 Å². The zero-order valence-electron chi connectivity index (χ0n) is 33.6. The van der Waals surface area contributed by atoms with Crippen LogP contribution in [0.1, 0.15) is 129 Å². The third kappa shape index (κ3) is 6.24. The fourth-order valence-corrected chi connectivity index (χ4v) is 28.0. The summed E-state index contributed by atoms with van der Waals surface area (Å²) in [6.45, 7) is 33.3. The first kappa shape index (κ1) is 40.0. The fraction of sp³-hybridized carbons (Fsp3) is 0.417. The van der Waals surface area contributed by atoms with Crippen molar-refractivity contribution in [2.45, 2.75) is 123 Å². The second-order valence-corrected chi connectivity index (χ2v) is 29.5. The molecule has 0 bridgehead atoms. The first-order valence-corrected chi connectivity index (χ1v) is 25.1. The predicted octanol–water partition coefficient (Wildman–Crippen LogP) is 8.09. The summed E-state index contributed by atoms with van der Waals surface area (Å²) in [5.41, 5.74) is 27.6. The third-order valence-corrected chi connectivity index (χ3v) is 26.6. The molecule has 2 aliphatic carbocycles. The van der Waals surface area contributed by atoms with E-state index in [0.717, 1.165) is 0 Å². The third-order valence-electron chi connectivity index (χ3n) is 13.2. The summed E-state index contributed by atoms with van der Waals surface area (Å²) >= 11 is -2.84. The second kappa shape index (κ2) is 13.6. The Hall–Kier alpha value is -2.18. The average Bonchev–Trinajstić information content (AvgIpc) is 3.63. The Bertz CT molecular complexity index is 1940. The zero-order valence-corrected chi connectivity index (χ0v) is 37.6. The molecular formula is C48H58Cl2Zr. The smallest absolute Gasteiger partial charge is 1.00 e. The van der Waals surface area contributed by atoms with E-state index in [2.05, 4.69) is 158 Å². The van der Waals surface area contributed by atoms with Crippen molar-refractivity contribution >= 4 is 12.2 Å². The topological polar surface area (TPSA) is 0 Å². The van der Waals surface area contributed by atoms with Gasteiger partial charge in [-0.15, -0.1) is 0 Å². The molecule has 1 fully saturated rings. The maximum atomic E-state index is 2.63. The van der Waals surface area contributed by atoms with Crippen LogP contribution >= 0.6 is 0 Å². The minimum Gasteiger partial charge on any atom is -1.00 e. The van der Waals surface area contributed by atoms with E-state index in [1.165, 1.54) is 75.0 Å². The van der Waals surface area contributed by atoms with Gasteiger partial charge in [0.1, 0.15) is 0 Å². The van der Waals surface area contributed by atoms with Gasteiger partial charge in [-0.3, -0.25) is 0 Å². The van der Waals surface area contributed by atoms with Gasteiger partial charge in [-0.25, -0.2) is 0 Å². The molecule has 2 atom stereocenters. The molecule has 3 heteroatoms. The standard InChI is InChI=1S/2C23H27.C2H4.2ClH.Zr/c2*1-14-12-20-16(3)15(2)17(4)22(21(20)13-14)18-8-10-19(11-9-18)23(5,6)7;1-2;;;/h2*8-13H,1-7H3;1-2H2;2*1H;/q;;;;;+2/p-2. The van der Waals surface area contributed by atoms with Gasteiger partial charge in [0.25, 0.3) is 0 Å². The van der Waals surface area contributed by atoms with Crippen LogP contribution in [-0.4, -0.2) is 0 Å². The van der Waals surface area contributed by atoms with Crippen molar-refractivity contribution in [2.24, 2.45) is 0 Å². The number of fused-ring (bicyclic) bond motifs is 2. The number of hydrogen-bond donors (Lipinski definition) is 0. The molecule has 268 valence electrons. The van der Waals surface area contributed by atoms with Gasteiger partial charge in [-0.05, 0) is 0 Å². The summed E-state index contributed by atoms with van der Waals surface area (Å²) in [7, 11) is 0. The van der Waals surface area contributed by atoms with E-state index in [0.29, 0.717) is 7.25 Å². The average molecular weight is 797 g/mol. The molecule has 0 saturated carbocycles. The van der Waals surface area contributed by atoms with Crippen molar-refractivity contribution in [1.82, 2.24) is 0 Å². The molecule has 0 spiro atoms. The molecule has 1 aliphatic heterocycles. The van der Waals surface area contributed by atoms with E-state index in [4.69, 9.17) is 0 Å². The Morgan fingerprint density at radius 1 is 0.451 bits per heavy atom. The molecule has 0 aromatic heterocycles. The van der Waals surface area contributed by atoms with Crippen LogP contribution in [0.2, 0.25) is 8.26 Å². The Morgan fingerprint density at radius 2 is 0.765 bits per heavy atom. The summed E-state index contributed by atoms with van der Waals surface area (Å²) in [6, 6.07) is 19.1. The fourth-order valence-electron chi connectivity index (χ4n) is 9.93. The molecule has 0 radical (unpaired) electrons. The quantitative estimate of drug-likeness (QED) is 0.196. The number of hydrogen-bond acceptors (Lipinski definition) is 0. The van der Waals surface area contributed by atoms with Crippen LogP contribution < -0.4 is 24.8 Å². The van der Waals surface area contributed by atoms with Crippen LogP contribution in [-0.2, 0) is 31.1 Å². The van der Waals surface area contributed by atoms with Crippen LogP contribution in [0.5, 0.6) is 0 Å². The first-order chi connectivity index (χ1) is 22.9. The molecular weight excluding hydrogens is 739 g/mol. The van der Waals surface area contributed by atoms with Gasteiger partial charge < -0.3 is 24.8 Å². The van der Waals surface area contributed by atoms with E-state index in [-0.39, 0.29) is 35.6 Å². The Balaban J connectivity index is 0.00000252. The molecule has 4 aromatic carbocycles. The Labute approximate surface area is 326 Å². The molecule has 0 amide bonds. The minimum atomic E-state index is -2.84. The van der Waals surface area contributed by atoms with Crippen LogP contribution in [0.25, 0.3) is 34.4 Å². The molecule has 7 rings (SSSR count). The van der Waals surface area contributed by atoms with Crippen LogP contribution in [0, 0.1) is 41.5 Å².